The zero-order valence-electron chi connectivity index (χ0n) is 23.3. The number of halogens is 1. The maximum absolute atomic E-state index is 13.7. The van der Waals surface area contributed by atoms with E-state index in [-0.39, 0.29) is 48.4 Å². The number of methoxy groups -OCH3 is 1. The number of hydrazone groups is 1. The second kappa shape index (κ2) is 12.9. The van der Waals surface area contributed by atoms with Crippen LogP contribution in [0.3, 0.4) is 0 Å². The molecule has 1 aromatic heterocycles. The van der Waals surface area contributed by atoms with E-state index in [9.17, 15) is 22.4 Å². The Hall–Kier alpha value is -4.40. The van der Waals surface area contributed by atoms with E-state index in [0.29, 0.717) is 16.8 Å². The normalized spacial score (nSPS) is 14.3. The highest BCUT2D eigenvalue weighted by Gasteiger charge is 2.31. The van der Waals surface area contributed by atoms with Crippen molar-refractivity contribution in [3.63, 3.8) is 0 Å². The van der Waals surface area contributed by atoms with E-state index < -0.39 is 27.8 Å². The highest BCUT2D eigenvalue weighted by Crippen LogP contribution is 2.32. The van der Waals surface area contributed by atoms with Crippen molar-refractivity contribution < 1.29 is 31.9 Å². The van der Waals surface area contributed by atoms with Gasteiger partial charge < -0.3 is 14.4 Å². The number of nitrogens with zero attached hydrogens (tertiary/aromatic N) is 5. The number of carbonyl (C=O) groups excluding carboxylic acids is 2. The van der Waals surface area contributed by atoms with Gasteiger partial charge in [0.2, 0.25) is 15.2 Å². The zero-order chi connectivity index (χ0) is 30.6. The van der Waals surface area contributed by atoms with E-state index in [1.54, 1.807) is 32.2 Å². The van der Waals surface area contributed by atoms with Crippen LogP contribution >= 0.6 is 11.3 Å². The molecule has 14 heteroatoms. The fourth-order valence-electron chi connectivity index (χ4n) is 4.34. The Bertz CT molecular complexity index is 1750. The fourth-order valence-corrected chi connectivity index (χ4v) is 6.71. The van der Waals surface area contributed by atoms with Gasteiger partial charge in [0.05, 0.1) is 35.0 Å². The minimum atomic E-state index is -3.86. The molecule has 1 aliphatic rings. The van der Waals surface area contributed by atoms with Gasteiger partial charge in [0, 0.05) is 31.7 Å². The van der Waals surface area contributed by atoms with E-state index in [0.717, 1.165) is 9.71 Å². The van der Waals surface area contributed by atoms with Crippen molar-refractivity contribution in [2.24, 2.45) is 5.10 Å². The standard InChI is InChI=1S/C29H28FN5O6S2/c1-3-41-29(37)33-14-16-34(17-15-33)43(38,39)24-11-6-21(7-12-24)27(36)35(31-19-20-4-8-22(30)9-5-20)28-32-25-13-10-23(40-2)18-26(25)42-28/h4-13,18-19H,3,14-17H2,1-2H3/b31-19+. The van der Waals surface area contributed by atoms with Gasteiger partial charge in [0.25, 0.3) is 5.91 Å². The summed E-state index contributed by atoms with van der Waals surface area (Å²) in [6.45, 7) is 2.62. The molecule has 0 bridgehead atoms. The highest BCUT2D eigenvalue weighted by molar-refractivity contribution is 7.89. The topological polar surface area (TPSA) is 122 Å². The molecule has 11 nitrogen and oxygen atoms in total. The number of hydrogen-bond acceptors (Lipinski definition) is 9. The van der Waals surface area contributed by atoms with Crippen molar-refractivity contribution in [2.75, 3.05) is 44.9 Å². The minimum Gasteiger partial charge on any atom is -0.497 e. The maximum Gasteiger partial charge on any atom is 0.409 e. The second-order valence-electron chi connectivity index (χ2n) is 9.36. The molecule has 1 aliphatic heterocycles. The Morgan fingerprint density at radius 2 is 1.74 bits per heavy atom. The van der Waals surface area contributed by atoms with Crippen molar-refractivity contribution >= 4 is 54.9 Å². The van der Waals surface area contributed by atoms with Crippen LogP contribution in [0.15, 0.2) is 76.7 Å². The van der Waals surface area contributed by atoms with Crippen LogP contribution in [-0.2, 0) is 14.8 Å². The molecular formula is C29H28FN5O6S2. The minimum absolute atomic E-state index is 0.0158. The van der Waals surface area contributed by atoms with Crippen LogP contribution in [0.5, 0.6) is 5.75 Å². The van der Waals surface area contributed by atoms with Crippen molar-refractivity contribution in [1.82, 2.24) is 14.2 Å². The average molecular weight is 626 g/mol. The van der Waals surface area contributed by atoms with E-state index >= 15 is 0 Å². The number of aromatic nitrogens is 1. The number of sulfonamides is 1. The summed E-state index contributed by atoms with van der Waals surface area (Å²) in [6, 6.07) is 16.5. The number of piperazine rings is 1. The molecule has 0 radical (unpaired) electrons. The summed E-state index contributed by atoms with van der Waals surface area (Å²) in [7, 11) is -2.31. The first-order valence-corrected chi connectivity index (χ1v) is 15.6. The Morgan fingerprint density at radius 3 is 2.40 bits per heavy atom. The third kappa shape index (κ3) is 6.66. The lowest BCUT2D eigenvalue weighted by Gasteiger charge is -2.33. The quantitative estimate of drug-likeness (QED) is 0.207. The molecule has 2 heterocycles. The molecule has 2 amide bonds. The molecular weight excluding hydrogens is 597 g/mol. The van der Waals surface area contributed by atoms with Crippen LogP contribution < -0.4 is 9.75 Å². The lowest BCUT2D eigenvalue weighted by Crippen LogP contribution is -2.50. The molecule has 5 rings (SSSR count). The number of rotatable bonds is 8. The number of amides is 2. The molecule has 3 aromatic carbocycles. The number of carbonyl (C=O) groups is 2. The summed E-state index contributed by atoms with van der Waals surface area (Å²) in [5, 5.41) is 5.78. The Kier molecular flexibility index (Phi) is 8.99. The lowest BCUT2D eigenvalue weighted by atomic mass is 10.2. The van der Waals surface area contributed by atoms with Crippen molar-refractivity contribution in [1.29, 1.82) is 0 Å². The smallest absolute Gasteiger partial charge is 0.409 e. The summed E-state index contributed by atoms with van der Waals surface area (Å²) in [4.78, 5) is 31.7. The number of benzene rings is 3. The molecule has 0 unspecified atom stereocenters. The van der Waals surface area contributed by atoms with Gasteiger partial charge in [-0.3, -0.25) is 4.79 Å². The van der Waals surface area contributed by atoms with Crippen LogP contribution in [0, 0.1) is 5.82 Å². The summed E-state index contributed by atoms with van der Waals surface area (Å²) in [6.07, 6.45) is 0.944. The molecule has 0 aliphatic carbocycles. The molecule has 224 valence electrons. The molecule has 4 aromatic rings. The van der Waals surface area contributed by atoms with Gasteiger partial charge in [-0.05, 0) is 67.1 Å². The number of fused-ring (bicyclic) bond motifs is 1. The zero-order valence-corrected chi connectivity index (χ0v) is 25.0. The van der Waals surface area contributed by atoms with Crippen molar-refractivity contribution in [3.05, 3.63) is 83.7 Å². The molecule has 0 saturated carbocycles. The van der Waals surface area contributed by atoms with E-state index in [1.807, 2.05) is 0 Å². The number of thiazole rings is 1. The summed E-state index contributed by atoms with van der Waals surface area (Å²) in [5.41, 5.74) is 1.38. The molecule has 1 fully saturated rings. The summed E-state index contributed by atoms with van der Waals surface area (Å²) in [5.74, 6) is -0.313. The molecule has 0 N–H and O–H groups in total. The average Bonchev–Trinajstić information content (AvgIpc) is 3.45. The maximum atomic E-state index is 13.7. The van der Waals surface area contributed by atoms with Crippen LogP contribution in [0.2, 0.25) is 0 Å². The van der Waals surface area contributed by atoms with Gasteiger partial charge in [-0.15, -0.1) is 0 Å². The third-order valence-corrected chi connectivity index (χ3v) is 9.56. The predicted octanol–water partition coefficient (Wildman–Crippen LogP) is 4.59. The van der Waals surface area contributed by atoms with Crippen LogP contribution in [0.1, 0.15) is 22.8 Å². The van der Waals surface area contributed by atoms with Crippen molar-refractivity contribution in [3.8, 4) is 5.75 Å². The van der Waals surface area contributed by atoms with Gasteiger partial charge in [-0.2, -0.15) is 14.4 Å². The molecule has 0 spiro atoms. The molecule has 0 atom stereocenters. The summed E-state index contributed by atoms with van der Waals surface area (Å²) < 4.78 is 52.3. The van der Waals surface area contributed by atoms with Gasteiger partial charge in [-0.1, -0.05) is 23.5 Å². The Labute approximate surface area is 251 Å². The lowest BCUT2D eigenvalue weighted by molar-refractivity contribution is 0.0933. The first-order valence-electron chi connectivity index (χ1n) is 13.3. The van der Waals surface area contributed by atoms with Gasteiger partial charge in [-0.25, -0.2) is 22.6 Å². The monoisotopic (exact) mass is 625 g/mol. The van der Waals surface area contributed by atoms with E-state index in [4.69, 9.17) is 9.47 Å². The molecule has 1 saturated heterocycles. The van der Waals surface area contributed by atoms with Crippen LogP contribution in [-0.4, -0.2) is 80.7 Å². The van der Waals surface area contributed by atoms with E-state index in [2.05, 4.69) is 10.1 Å². The predicted molar refractivity (Wildman–Crippen MR) is 161 cm³/mol. The van der Waals surface area contributed by atoms with Crippen LogP contribution in [0.4, 0.5) is 14.3 Å². The third-order valence-electron chi connectivity index (χ3n) is 6.65. The summed E-state index contributed by atoms with van der Waals surface area (Å²) >= 11 is 1.23. The fraction of sp³-hybridized carbons (Fsp3) is 0.241. The number of hydrogen-bond donors (Lipinski definition) is 0. The van der Waals surface area contributed by atoms with Crippen molar-refractivity contribution in [2.45, 2.75) is 11.8 Å². The van der Waals surface area contributed by atoms with E-state index in [1.165, 1.54) is 75.3 Å². The van der Waals surface area contributed by atoms with Crippen LogP contribution in [0.25, 0.3) is 10.2 Å². The Balaban J connectivity index is 1.39. The largest absolute Gasteiger partial charge is 0.497 e. The second-order valence-corrected chi connectivity index (χ2v) is 12.3. The van der Waals surface area contributed by atoms with Gasteiger partial charge in [0.15, 0.2) is 0 Å². The SMILES string of the molecule is CCOC(=O)N1CCN(S(=O)(=O)c2ccc(C(=O)N(/N=C/c3ccc(F)cc3)c3nc4ccc(OC)cc4s3)cc2)CC1. The first-order chi connectivity index (χ1) is 20.7. The van der Waals surface area contributed by atoms with Gasteiger partial charge in [0.1, 0.15) is 11.6 Å². The number of anilines is 1. The Morgan fingerprint density at radius 1 is 1.05 bits per heavy atom. The van der Waals surface area contributed by atoms with Gasteiger partial charge >= 0.3 is 6.09 Å². The highest BCUT2D eigenvalue weighted by atomic mass is 32.2. The first kappa shape index (κ1) is 30.1. The molecule has 43 heavy (non-hydrogen) atoms. The number of ether oxygens (including phenoxy) is 2.